The summed E-state index contributed by atoms with van der Waals surface area (Å²) in [4.78, 5) is 0. The Morgan fingerprint density at radius 1 is 0.829 bits per heavy atom. The number of benzene rings is 3. The maximum absolute atomic E-state index is 6.34. The lowest BCUT2D eigenvalue weighted by Gasteiger charge is -2.22. The first-order valence-corrected chi connectivity index (χ1v) is 11.6. The number of halogens is 2. The van der Waals surface area contributed by atoms with Crippen molar-refractivity contribution in [1.82, 2.24) is 0 Å². The summed E-state index contributed by atoms with van der Waals surface area (Å²) in [6.45, 7) is 0.844. The van der Waals surface area contributed by atoms with Gasteiger partial charge in [0.1, 0.15) is 0 Å². The quantitative estimate of drug-likeness (QED) is 0.251. The molecule has 4 aromatic rings. The molecule has 2 heterocycles. The molecule has 3 aromatic carbocycles. The van der Waals surface area contributed by atoms with Crippen molar-refractivity contribution < 1.29 is 47.5 Å². The molecule has 5 nitrogen and oxygen atoms in total. The lowest BCUT2D eigenvalue weighted by atomic mass is 9.88. The van der Waals surface area contributed by atoms with Crippen LogP contribution in [-0.4, -0.2) is 28.4 Å². The normalized spacial score (nSPS) is 11.8. The van der Waals surface area contributed by atoms with Gasteiger partial charge >= 0.3 is 0 Å². The van der Waals surface area contributed by atoms with Gasteiger partial charge in [-0.1, -0.05) is 23.7 Å². The smallest absolute Gasteiger partial charge is 0.217 e. The van der Waals surface area contributed by atoms with Gasteiger partial charge in [0.25, 0.3) is 0 Å². The fourth-order valence-corrected chi connectivity index (χ4v) is 5.19. The molecule has 0 aliphatic carbocycles. The van der Waals surface area contributed by atoms with Crippen molar-refractivity contribution in [2.75, 3.05) is 28.4 Å². The Morgan fingerprint density at radius 3 is 2.26 bits per heavy atom. The van der Waals surface area contributed by atoms with Gasteiger partial charge in [-0.15, -0.1) is 0 Å². The number of hydrogen-bond donors (Lipinski definition) is 0. The van der Waals surface area contributed by atoms with E-state index in [1.165, 1.54) is 16.8 Å². The lowest BCUT2D eigenvalue weighted by molar-refractivity contribution is -0.686. The zero-order valence-corrected chi connectivity index (χ0v) is 23.1. The van der Waals surface area contributed by atoms with E-state index in [0.29, 0.717) is 5.75 Å². The second-order valence-corrected chi connectivity index (χ2v) is 8.77. The minimum absolute atomic E-state index is 0. The van der Waals surface area contributed by atoms with Gasteiger partial charge in [0.15, 0.2) is 35.7 Å². The third-order valence-corrected chi connectivity index (χ3v) is 6.76. The third kappa shape index (κ3) is 4.49. The summed E-state index contributed by atoms with van der Waals surface area (Å²) in [7, 11) is 6.70. The summed E-state index contributed by atoms with van der Waals surface area (Å²) in [5.74, 6) is 2.92. The Bertz CT molecular complexity index is 1410. The SMILES string of the molecule is COc1cc2c(cc1OC)-c1c(Cc3cccc(Cl)c3)c3ccc(OC)c(OC)c3c[n+]1CC2.[I-]. The minimum Gasteiger partial charge on any atom is -1.00 e. The molecular weight excluding hydrogens is 577 g/mol. The maximum atomic E-state index is 6.34. The molecule has 0 saturated heterocycles. The fraction of sp³-hybridized carbons (Fsp3) is 0.250. The van der Waals surface area contributed by atoms with E-state index in [-0.39, 0.29) is 24.0 Å². The molecule has 1 aromatic heterocycles. The van der Waals surface area contributed by atoms with Crippen LogP contribution < -0.4 is 47.5 Å². The molecule has 0 unspecified atom stereocenters. The molecule has 35 heavy (non-hydrogen) atoms. The molecule has 7 heteroatoms. The van der Waals surface area contributed by atoms with Crippen molar-refractivity contribution >= 4 is 22.4 Å². The van der Waals surface area contributed by atoms with E-state index in [2.05, 4.69) is 35.0 Å². The van der Waals surface area contributed by atoms with Crippen molar-refractivity contribution in [3.05, 3.63) is 76.4 Å². The predicted molar refractivity (Wildman–Crippen MR) is 134 cm³/mol. The first-order valence-electron chi connectivity index (χ1n) is 11.2. The van der Waals surface area contributed by atoms with E-state index in [9.17, 15) is 0 Å². The first-order chi connectivity index (χ1) is 16.6. The van der Waals surface area contributed by atoms with Gasteiger partial charge in [-0.2, -0.15) is 4.57 Å². The van der Waals surface area contributed by atoms with Crippen LogP contribution in [0.2, 0.25) is 5.02 Å². The van der Waals surface area contributed by atoms with Gasteiger partial charge in [-0.25, -0.2) is 0 Å². The van der Waals surface area contributed by atoms with Gasteiger partial charge in [0.2, 0.25) is 5.69 Å². The highest BCUT2D eigenvalue weighted by molar-refractivity contribution is 6.30. The van der Waals surface area contributed by atoms with Crippen LogP contribution in [0.25, 0.3) is 22.0 Å². The zero-order valence-electron chi connectivity index (χ0n) is 20.2. The Balaban J connectivity index is 0.00000289. The van der Waals surface area contributed by atoms with Gasteiger partial charge < -0.3 is 42.9 Å². The highest BCUT2D eigenvalue weighted by atomic mass is 127. The number of fused-ring (bicyclic) bond motifs is 4. The van der Waals surface area contributed by atoms with Crippen molar-refractivity contribution in [3.8, 4) is 34.3 Å². The van der Waals surface area contributed by atoms with E-state index >= 15 is 0 Å². The van der Waals surface area contributed by atoms with Crippen LogP contribution in [0.15, 0.2) is 54.7 Å². The Hall–Kier alpha value is -2.71. The Morgan fingerprint density at radius 2 is 1.57 bits per heavy atom. The number of rotatable bonds is 6. The Kier molecular flexibility index (Phi) is 7.62. The molecule has 0 atom stereocenters. The topological polar surface area (TPSA) is 40.8 Å². The molecule has 1 aliphatic heterocycles. The van der Waals surface area contributed by atoms with Crippen LogP contribution in [0.5, 0.6) is 23.0 Å². The van der Waals surface area contributed by atoms with Crippen molar-refractivity contribution in [3.63, 3.8) is 0 Å². The van der Waals surface area contributed by atoms with E-state index in [1.807, 2.05) is 24.3 Å². The highest BCUT2D eigenvalue weighted by Gasteiger charge is 2.31. The predicted octanol–water partition coefficient (Wildman–Crippen LogP) is 2.63. The maximum Gasteiger partial charge on any atom is 0.217 e. The molecule has 0 amide bonds. The lowest BCUT2D eigenvalue weighted by Crippen LogP contribution is -3.00. The number of methoxy groups -OCH3 is 4. The van der Waals surface area contributed by atoms with Crippen LogP contribution in [0.1, 0.15) is 16.7 Å². The van der Waals surface area contributed by atoms with Crippen LogP contribution >= 0.6 is 11.6 Å². The van der Waals surface area contributed by atoms with Crippen LogP contribution in [0.4, 0.5) is 0 Å². The zero-order chi connectivity index (χ0) is 23.8. The molecule has 0 bridgehead atoms. The van der Waals surface area contributed by atoms with Gasteiger partial charge in [-0.3, -0.25) is 0 Å². The molecule has 5 rings (SSSR count). The third-order valence-electron chi connectivity index (χ3n) is 6.52. The van der Waals surface area contributed by atoms with Crippen LogP contribution in [0.3, 0.4) is 0 Å². The average molecular weight is 604 g/mol. The fourth-order valence-electron chi connectivity index (χ4n) is 4.98. The van der Waals surface area contributed by atoms with Gasteiger partial charge in [-0.05, 0) is 47.5 Å². The van der Waals surface area contributed by atoms with E-state index < -0.39 is 0 Å². The molecule has 0 N–H and O–H groups in total. The van der Waals surface area contributed by atoms with Gasteiger partial charge in [0.05, 0.1) is 39.4 Å². The number of ether oxygens (including phenoxy) is 4. The second-order valence-electron chi connectivity index (χ2n) is 8.33. The summed E-state index contributed by atoms with van der Waals surface area (Å²) < 4.78 is 25.0. The number of nitrogens with zero attached hydrogens (tertiary/aromatic N) is 1. The number of pyridine rings is 1. The highest BCUT2D eigenvalue weighted by Crippen LogP contribution is 2.43. The minimum atomic E-state index is 0. The first kappa shape index (κ1) is 25.4. The monoisotopic (exact) mass is 603 g/mol. The number of aromatic nitrogens is 1. The molecular formula is C28H27ClINO4. The Labute approximate surface area is 227 Å². The van der Waals surface area contributed by atoms with Crippen LogP contribution in [-0.2, 0) is 19.4 Å². The van der Waals surface area contributed by atoms with E-state index in [0.717, 1.165) is 63.6 Å². The molecule has 0 saturated carbocycles. The second kappa shape index (κ2) is 10.5. The van der Waals surface area contributed by atoms with Crippen LogP contribution in [0, 0.1) is 0 Å². The van der Waals surface area contributed by atoms with Crippen molar-refractivity contribution in [2.45, 2.75) is 19.4 Å². The summed E-state index contributed by atoms with van der Waals surface area (Å²) in [5, 5.41) is 2.86. The van der Waals surface area contributed by atoms with E-state index in [1.54, 1.807) is 28.4 Å². The van der Waals surface area contributed by atoms with E-state index in [4.69, 9.17) is 30.5 Å². The summed E-state index contributed by atoms with van der Waals surface area (Å²) >= 11 is 6.34. The molecule has 0 spiro atoms. The molecule has 0 fully saturated rings. The number of aryl methyl sites for hydroxylation is 2. The molecule has 1 aliphatic rings. The summed E-state index contributed by atoms with van der Waals surface area (Å²) in [6, 6.07) is 16.3. The largest absolute Gasteiger partial charge is 1.00 e. The molecule has 182 valence electrons. The average Bonchev–Trinajstić information content (AvgIpc) is 2.86. The van der Waals surface area contributed by atoms with Gasteiger partial charge in [0, 0.05) is 28.8 Å². The summed E-state index contributed by atoms with van der Waals surface area (Å²) in [5.41, 5.74) is 5.91. The standard InChI is InChI=1S/C28H27ClNO4.HI/c1-31-24-9-8-20-22(13-17-6-5-7-19(29)12-17)27-21-15-26(33-3)25(32-2)14-18(21)10-11-30(27)16-23(20)28(24)34-4;/h5-9,12,14-16H,10-11,13H2,1-4H3;1H/q+1;/p-1. The van der Waals surface area contributed by atoms with Crippen molar-refractivity contribution in [1.29, 1.82) is 0 Å². The number of hydrogen-bond acceptors (Lipinski definition) is 4. The molecule has 0 radical (unpaired) electrons. The summed E-state index contributed by atoms with van der Waals surface area (Å²) in [6.07, 6.45) is 3.78. The van der Waals surface area contributed by atoms with Crippen molar-refractivity contribution in [2.24, 2.45) is 0 Å².